The minimum atomic E-state index is -0.829. The van der Waals surface area contributed by atoms with Crippen molar-refractivity contribution in [1.29, 1.82) is 0 Å². The highest BCUT2D eigenvalue weighted by Gasteiger charge is 2.20. The van der Waals surface area contributed by atoms with Gasteiger partial charge in [-0.15, -0.1) is 11.3 Å². The first kappa shape index (κ1) is 14.4. The van der Waals surface area contributed by atoms with Gasteiger partial charge in [-0.2, -0.15) is 0 Å². The molecule has 0 radical (unpaired) electrons. The van der Waals surface area contributed by atoms with Gasteiger partial charge >= 0.3 is 5.97 Å². The third-order valence-corrected chi connectivity index (χ3v) is 4.03. The molecule has 0 spiro atoms. The number of benzene rings is 1. The standard InChI is InChI=1S/C15H16O4S/c1-18-11-6-10(7-12(8-11)19-2)13(9-15(16)17)14-4-3-5-20-14/h3-8,13H,9H2,1-2H3,(H,16,17). The Morgan fingerprint density at radius 2 is 1.90 bits per heavy atom. The zero-order valence-electron chi connectivity index (χ0n) is 11.3. The minimum Gasteiger partial charge on any atom is -0.497 e. The Labute approximate surface area is 121 Å². The Bertz CT molecular complexity index is 555. The zero-order chi connectivity index (χ0) is 14.5. The summed E-state index contributed by atoms with van der Waals surface area (Å²) >= 11 is 1.55. The van der Waals surface area contributed by atoms with Gasteiger partial charge in [0.2, 0.25) is 0 Å². The van der Waals surface area contributed by atoms with Crippen LogP contribution in [-0.2, 0) is 4.79 Å². The van der Waals surface area contributed by atoms with E-state index in [1.165, 1.54) is 0 Å². The Balaban J connectivity index is 2.45. The highest BCUT2D eigenvalue weighted by molar-refractivity contribution is 7.10. The molecule has 5 heteroatoms. The second kappa shape index (κ2) is 6.43. The van der Waals surface area contributed by atoms with Gasteiger partial charge in [-0.1, -0.05) is 6.07 Å². The number of hydrogen-bond donors (Lipinski definition) is 1. The molecule has 1 aromatic heterocycles. The molecule has 0 aliphatic heterocycles. The maximum Gasteiger partial charge on any atom is 0.304 e. The number of thiophene rings is 1. The molecule has 1 atom stereocenters. The maximum atomic E-state index is 11.1. The van der Waals surface area contributed by atoms with E-state index in [4.69, 9.17) is 14.6 Å². The largest absolute Gasteiger partial charge is 0.497 e. The number of rotatable bonds is 6. The van der Waals surface area contributed by atoms with E-state index in [0.717, 1.165) is 10.4 Å². The summed E-state index contributed by atoms with van der Waals surface area (Å²) in [7, 11) is 3.16. The second-order valence-electron chi connectivity index (χ2n) is 4.31. The van der Waals surface area contributed by atoms with Crippen LogP contribution in [0.1, 0.15) is 22.8 Å². The third kappa shape index (κ3) is 3.30. The molecule has 0 aliphatic rings. The molecular formula is C15H16O4S. The molecule has 1 aromatic carbocycles. The maximum absolute atomic E-state index is 11.1. The minimum absolute atomic E-state index is 0.0385. The summed E-state index contributed by atoms with van der Waals surface area (Å²) in [5.41, 5.74) is 0.881. The van der Waals surface area contributed by atoms with Crippen LogP contribution in [0.4, 0.5) is 0 Å². The van der Waals surface area contributed by atoms with Gasteiger partial charge in [0, 0.05) is 16.9 Å². The lowest BCUT2D eigenvalue weighted by Gasteiger charge is -2.16. The second-order valence-corrected chi connectivity index (χ2v) is 5.29. The van der Waals surface area contributed by atoms with Crippen LogP contribution in [0.5, 0.6) is 11.5 Å². The lowest BCUT2D eigenvalue weighted by atomic mass is 9.93. The summed E-state index contributed by atoms with van der Waals surface area (Å²) < 4.78 is 10.5. The summed E-state index contributed by atoms with van der Waals surface area (Å²) in [6.45, 7) is 0. The predicted octanol–water partition coefficient (Wildman–Crippen LogP) is 3.37. The molecule has 1 N–H and O–H groups in total. The van der Waals surface area contributed by atoms with Gasteiger partial charge < -0.3 is 14.6 Å². The molecule has 4 nitrogen and oxygen atoms in total. The van der Waals surface area contributed by atoms with Crippen LogP contribution in [0.2, 0.25) is 0 Å². The number of hydrogen-bond acceptors (Lipinski definition) is 4. The molecule has 0 fully saturated rings. The fourth-order valence-electron chi connectivity index (χ4n) is 2.08. The molecule has 0 saturated heterocycles. The van der Waals surface area contributed by atoms with Gasteiger partial charge in [0.05, 0.1) is 20.6 Å². The van der Waals surface area contributed by atoms with E-state index < -0.39 is 5.97 Å². The van der Waals surface area contributed by atoms with Crippen LogP contribution in [0.25, 0.3) is 0 Å². The highest BCUT2D eigenvalue weighted by Crippen LogP contribution is 2.35. The molecule has 2 aromatic rings. The van der Waals surface area contributed by atoms with Crippen molar-refractivity contribution in [3.63, 3.8) is 0 Å². The first-order valence-corrected chi connectivity index (χ1v) is 7.00. The lowest BCUT2D eigenvalue weighted by Crippen LogP contribution is -2.07. The third-order valence-electron chi connectivity index (χ3n) is 3.04. The normalized spacial score (nSPS) is 11.9. The highest BCUT2D eigenvalue weighted by atomic mass is 32.1. The number of carboxylic acid groups (broad SMARTS) is 1. The molecule has 0 bridgehead atoms. The van der Waals surface area contributed by atoms with Crippen LogP contribution < -0.4 is 9.47 Å². The first-order valence-electron chi connectivity index (χ1n) is 6.12. The molecule has 106 valence electrons. The Hall–Kier alpha value is -2.01. The van der Waals surface area contributed by atoms with Crippen molar-refractivity contribution in [2.75, 3.05) is 14.2 Å². The summed E-state index contributed by atoms with van der Waals surface area (Å²) in [5, 5.41) is 11.1. The molecule has 2 rings (SSSR count). The molecule has 0 aliphatic carbocycles. The summed E-state index contributed by atoms with van der Waals surface area (Å²) in [6.07, 6.45) is 0.0385. The average molecular weight is 292 g/mol. The van der Waals surface area contributed by atoms with Crippen LogP contribution in [0.15, 0.2) is 35.7 Å². The Morgan fingerprint density at radius 3 is 2.35 bits per heavy atom. The van der Waals surface area contributed by atoms with Gasteiger partial charge in [0.25, 0.3) is 0 Å². The number of ether oxygens (including phenoxy) is 2. The van der Waals surface area contributed by atoms with Crippen LogP contribution in [0.3, 0.4) is 0 Å². The van der Waals surface area contributed by atoms with Gasteiger partial charge in [-0.05, 0) is 29.1 Å². The van der Waals surface area contributed by atoms with Crippen LogP contribution >= 0.6 is 11.3 Å². The molecule has 0 amide bonds. The number of carbonyl (C=O) groups is 1. The molecule has 20 heavy (non-hydrogen) atoms. The molecule has 0 saturated carbocycles. The van der Waals surface area contributed by atoms with Crippen LogP contribution in [0, 0.1) is 0 Å². The first-order chi connectivity index (χ1) is 9.63. The van der Waals surface area contributed by atoms with E-state index in [1.54, 1.807) is 31.6 Å². The fourth-order valence-corrected chi connectivity index (χ4v) is 2.93. The van der Waals surface area contributed by atoms with Crippen molar-refractivity contribution in [1.82, 2.24) is 0 Å². The predicted molar refractivity (Wildman–Crippen MR) is 78.0 cm³/mol. The van der Waals surface area contributed by atoms with E-state index in [9.17, 15) is 4.79 Å². The van der Waals surface area contributed by atoms with Gasteiger partial charge in [0.15, 0.2) is 0 Å². The lowest BCUT2D eigenvalue weighted by molar-refractivity contribution is -0.137. The zero-order valence-corrected chi connectivity index (χ0v) is 12.1. The van der Waals surface area contributed by atoms with Crippen molar-refractivity contribution < 1.29 is 19.4 Å². The number of carboxylic acids is 1. The van der Waals surface area contributed by atoms with E-state index >= 15 is 0 Å². The summed E-state index contributed by atoms with van der Waals surface area (Å²) in [4.78, 5) is 12.1. The van der Waals surface area contributed by atoms with Crippen molar-refractivity contribution in [3.8, 4) is 11.5 Å². The smallest absolute Gasteiger partial charge is 0.304 e. The van der Waals surface area contributed by atoms with E-state index in [0.29, 0.717) is 11.5 Å². The Morgan fingerprint density at radius 1 is 1.25 bits per heavy atom. The number of methoxy groups -OCH3 is 2. The van der Waals surface area contributed by atoms with E-state index in [2.05, 4.69) is 0 Å². The number of aliphatic carboxylic acids is 1. The van der Waals surface area contributed by atoms with E-state index in [-0.39, 0.29) is 12.3 Å². The van der Waals surface area contributed by atoms with Crippen molar-refractivity contribution in [2.45, 2.75) is 12.3 Å². The quantitative estimate of drug-likeness (QED) is 0.887. The summed E-state index contributed by atoms with van der Waals surface area (Å²) in [5.74, 6) is 0.291. The van der Waals surface area contributed by atoms with Crippen molar-refractivity contribution in [3.05, 3.63) is 46.2 Å². The van der Waals surface area contributed by atoms with E-state index in [1.807, 2.05) is 29.6 Å². The summed E-state index contributed by atoms with van der Waals surface area (Å²) in [6, 6.07) is 9.36. The fraction of sp³-hybridized carbons (Fsp3) is 0.267. The topological polar surface area (TPSA) is 55.8 Å². The molecule has 1 unspecified atom stereocenters. The Kier molecular flexibility index (Phi) is 4.63. The SMILES string of the molecule is COc1cc(OC)cc(C(CC(=O)O)c2cccs2)c1. The van der Waals surface area contributed by atoms with Crippen LogP contribution in [-0.4, -0.2) is 25.3 Å². The molecule has 1 heterocycles. The van der Waals surface area contributed by atoms with Gasteiger partial charge in [-0.3, -0.25) is 4.79 Å². The van der Waals surface area contributed by atoms with Crippen molar-refractivity contribution in [2.24, 2.45) is 0 Å². The molecular weight excluding hydrogens is 276 g/mol. The van der Waals surface area contributed by atoms with Crippen molar-refractivity contribution >= 4 is 17.3 Å². The van der Waals surface area contributed by atoms with Gasteiger partial charge in [0.1, 0.15) is 11.5 Å². The average Bonchev–Trinajstić information content (AvgIpc) is 2.97. The van der Waals surface area contributed by atoms with Gasteiger partial charge in [-0.25, -0.2) is 0 Å². The monoisotopic (exact) mass is 292 g/mol.